The van der Waals surface area contributed by atoms with Crippen molar-refractivity contribution < 1.29 is 7.64 Å². The first-order valence-corrected chi connectivity index (χ1v) is 11.6. The number of hydrogen-bond donors (Lipinski definition) is 0. The van der Waals surface area contributed by atoms with Gasteiger partial charge in [0.25, 0.3) is 0 Å². The SMILES string of the molecule is N#CO[Se][Se][Se]OC#N. The van der Waals surface area contributed by atoms with E-state index in [2.05, 4.69) is 7.64 Å². The predicted octanol–water partition coefficient (Wildman–Crippen LogP) is -1.25. The molecular weight excluding hydrogens is 321 g/mol. The van der Waals surface area contributed by atoms with Gasteiger partial charge in [-0.3, -0.25) is 0 Å². The van der Waals surface area contributed by atoms with E-state index in [0.29, 0.717) is 0 Å². The Hall–Kier alpha value is 0.138. The van der Waals surface area contributed by atoms with Gasteiger partial charge in [-0.1, -0.05) is 0 Å². The number of nitriles is 2. The molecule has 0 radical (unpaired) electrons. The van der Waals surface area contributed by atoms with Crippen molar-refractivity contribution in [3.8, 4) is 12.5 Å². The molecule has 0 aromatic carbocycles. The Balaban J connectivity index is 2.79. The fourth-order valence-corrected chi connectivity index (χ4v) is 6.31. The molecule has 0 bridgehead atoms. The molecule has 4 nitrogen and oxygen atoms in total. The fraction of sp³-hybridized carbons (Fsp3) is 0. The quantitative estimate of drug-likeness (QED) is 0.369. The zero-order chi connectivity index (χ0) is 6.95. The minimum atomic E-state index is -0.0708. The first kappa shape index (κ1) is 9.14. The molecule has 0 amide bonds. The summed E-state index contributed by atoms with van der Waals surface area (Å²) in [6.07, 6.45) is 3.12. The molecule has 0 unspecified atom stereocenters. The van der Waals surface area contributed by atoms with Gasteiger partial charge in [-0.05, 0) is 0 Å². The third-order valence-electron chi connectivity index (χ3n) is 0.198. The summed E-state index contributed by atoms with van der Waals surface area (Å²) in [5.41, 5.74) is 0. The van der Waals surface area contributed by atoms with Crippen LogP contribution in [0.1, 0.15) is 0 Å². The number of rotatable bonds is 4. The van der Waals surface area contributed by atoms with Crippen molar-refractivity contribution in [2.75, 3.05) is 0 Å². The Labute approximate surface area is 68.7 Å². The van der Waals surface area contributed by atoms with Gasteiger partial charge >= 0.3 is 68.9 Å². The molecule has 48 valence electrons. The second kappa shape index (κ2) is 8.14. The Kier molecular flexibility index (Phi) is 8.26. The molecule has 0 spiro atoms. The van der Waals surface area contributed by atoms with Gasteiger partial charge in [0.05, 0.1) is 0 Å². The van der Waals surface area contributed by atoms with Crippen LogP contribution < -0.4 is 0 Å². The summed E-state index contributed by atoms with van der Waals surface area (Å²) < 4.78 is 8.80. The summed E-state index contributed by atoms with van der Waals surface area (Å²) >= 11 is 0.0721. The van der Waals surface area contributed by atoms with E-state index in [0.717, 1.165) is 0 Å². The van der Waals surface area contributed by atoms with Gasteiger partial charge in [0.1, 0.15) is 0 Å². The van der Waals surface area contributed by atoms with Crippen molar-refractivity contribution >= 4 is 38.2 Å². The van der Waals surface area contributed by atoms with Crippen LogP contribution in [0.25, 0.3) is 0 Å². The van der Waals surface area contributed by atoms with Crippen LogP contribution in [-0.2, 0) is 7.64 Å². The summed E-state index contributed by atoms with van der Waals surface area (Å²) in [5, 5.41) is 15.8. The summed E-state index contributed by atoms with van der Waals surface area (Å²) in [4.78, 5) is 0. The van der Waals surface area contributed by atoms with Crippen LogP contribution >= 0.6 is 0 Å². The van der Waals surface area contributed by atoms with Crippen LogP contribution in [0.5, 0.6) is 0 Å². The molecule has 0 heterocycles. The maximum atomic E-state index is 7.88. The van der Waals surface area contributed by atoms with E-state index in [1.54, 1.807) is 12.5 Å². The van der Waals surface area contributed by atoms with Gasteiger partial charge in [-0.15, -0.1) is 0 Å². The zero-order valence-electron chi connectivity index (χ0n) is 3.94. The normalized spacial score (nSPS) is 6.89. The molecule has 0 atom stereocenters. The van der Waals surface area contributed by atoms with Crippen molar-refractivity contribution in [2.24, 2.45) is 0 Å². The molecule has 0 fully saturated rings. The molecule has 0 N–H and O–H groups in total. The van der Waals surface area contributed by atoms with Gasteiger partial charge in [-0.25, -0.2) is 0 Å². The van der Waals surface area contributed by atoms with Crippen molar-refractivity contribution in [3.63, 3.8) is 0 Å². The van der Waals surface area contributed by atoms with Crippen molar-refractivity contribution in [1.29, 1.82) is 10.5 Å². The van der Waals surface area contributed by atoms with Gasteiger partial charge in [0.15, 0.2) is 0 Å². The molecule has 7 heteroatoms. The van der Waals surface area contributed by atoms with E-state index < -0.39 is 0 Å². The van der Waals surface area contributed by atoms with E-state index in [9.17, 15) is 0 Å². The third kappa shape index (κ3) is 8.14. The van der Waals surface area contributed by atoms with E-state index >= 15 is 0 Å². The average Bonchev–Trinajstić information content (AvgIpc) is 1.89. The van der Waals surface area contributed by atoms with Crippen LogP contribution in [0.15, 0.2) is 0 Å². The van der Waals surface area contributed by atoms with Crippen LogP contribution in [0.2, 0.25) is 0 Å². The molecule has 0 aliphatic rings. The van der Waals surface area contributed by atoms with Crippen LogP contribution in [0.3, 0.4) is 0 Å². The van der Waals surface area contributed by atoms with Gasteiger partial charge < -0.3 is 0 Å². The molecule has 0 saturated heterocycles. The van der Waals surface area contributed by atoms with Crippen LogP contribution in [-0.4, -0.2) is 38.2 Å². The molecule has 0 aliphatic carbocycles. The molecule has 0 aromatic rings. The summed E-state index contributed by atoms with van der Waals surface area (Å²) in [5.74, 6) is 0. The first-order chi connectivity index (χ1) is 4.41. The number of hydrogen-bond acceptors (Lipinski definition) is 4. The summed E-state index contributed by atoms with van der Waals surface area (Å²) in [6.45, 7) is 0. The number of nitrogens with zero attached hydrogens (tertiary/aromatic N) is 2. The Morgan fingerprint density at radius 1 is 1.00 bits per heavy atom. The molecule has 9 heavy (non-hydrogen) atoms. The topological polar surface area (TPSA) is 66.0 Å². The van der Waals surface area contributed by atoms with Gasteiger partial charge in [-0.2, -0.15) is 0 Å². The van der Waals surface area contributed by atoms with Crippen molar-refractivity contribution in [1.82, 2.24) is 0 Å². The summed E-state index contributed by atoms with van der Waals surface area (Å²) in [6, 6.07) is 0. The second-order valence-electron chi connectivity index (χ2n) is 0.553. The van der Waals surface area contributed by atoms with E-state index in [1.807, 2.05) is 0 Å². The maximum absolute atomic E-state index is 7.88. The van der Waals surface area contributed by atoms with E-state index in [1.165, 1.54) is 0 Å². The fourth-order valence-electron chi connectivity index (χ4n) is 0.0695. The van der Waals surface area contributed by atoms with Crippen molar-refractivity contribution in [2.45, 2.75) is 0 Å². The van der Waals surface area contributed by atoms with Crippen molar-refractivity contribution in [3.05, 3.63) is 0 Å². The van der Waals surface area contributed by atoms with E-state index in [-0.39, 0.29) is 38.2 Å². The molecule has 0 aliphatic heterocycles. The monoisotopic (exact) mass is 324 g/mol. The molecule has 0 aromatic heterocycles. The first-order valence-electron chi connectivity index (χ1n) is 1.52. The van der Waals surface area contributed by atoms with Crippen LogP contribution in [0.4, 0.5) is 0 Å². The summed E-state index contributed by atoms with van der Waals surface area (Å²) in [7, 11) is 0. The standard InChI is InChI=1S/C2N2O2Se3/c3-1-5-7-9-8-6-2-4. The van der Waals surface area contributed by atoms with Gasteiger partial charge in [0, 0.05) is 0 Å². The van der Waals surface area contributed by atoms with E-state index in [4.69, 9.17) is 10.5 Å². The Bertz CT molecular complexity index is 122. The zero-order valence-corrected chi connectivity index (χ0v) is 9.07. The Morgan fingerprint density at radius 2 is 1.44 bits per heavy atom. The molecular formula is C2N2O2Se3. The molecule has 0 saturated carbocycles. The predicted molar refractivity (Wildman–Crippen MR) is 30.7 cm³/mol. The van der Waals surface area contributed by atoms with Gasteiger partial charge in [0.2, 0.25) is 0 Å². The minimum absolute atomic E-state index is 0.0708. The third-order valence-corrected chi connectivity index (χ3v) is 10.0. The Morgan fingerprint density at radius 3 is 1.78 bits per heavy atom. The average molecular weight is 321 g/mol. The second-order valence-corrected chi connectivity index (χ2v) is 14.3. The molecule has 0 rings (SSSR count). The van der Waals surface area contributed by atoms with Crippen LogP contribution in [0, 0.1) is 23.0 Å².